The summed E-state index contributed by atoms with van der Waals surface area (Å²) in [5.74, 6) is 0.348. The molecule has 3 aromatic rings. The molecule has 7 heteroatoms. The Morgan fingerprint density at radius 3 is 2.56 bits per heavy atom. The Balaban J connectivity index is 1.39. The summed E-state index contributed by atoms with van der Waals surface area (Å²) < 4.78 is 17.7. The maximum Gasteiger partial charge on any atom is 0.222 e. The Morgan fingerprint density at radius 2 is 1.81 bits per heavy atom. The standard InChI is InChI=1S/C25H26ClFN4S/c1-17-13-23(31-32-24-10-6-5-9-21(24)26)22(27)14-19(17)12-11-18-15-28-25(29-16-18)30-20-7-3-2-4-8-20/h5-6,9-16,20,31H,2-4,7-8H2,1H3,(H,28,29,30)/b12-11+. The molecule has 4 nitrogen and oxygen atoms in total. The highest BCUT2D eigenvalue weighted by Crippen LogP contribution is 2.30. The van der Waals surface area contributed by atoms with Gasteiger partial charge in [0.05, 0.1) is 10.7 Å². The molecule has 0 saturated heterocycles. The van der Waals surface area contributed by atoms with Crippen LogP contribution in [0.4, 0.5) is 16.0 Å². The smallest absolute Gasteiger partial charge is 0.222 e. The summed E-state index contributed by atoms with van der Waals surface area (Å²) in [7, 11) is 0. The van der Waals surface area contributed by atoms with E-state index < -0.39 is 0 Å². The van der Waals surface area contributed by atoms with Crippen molar-refractivity contribution >= 4 is 47.3 Å². The lowest BCUT2D eigenvalue weighted by Gasteiger charge is -2.22. The topological polar surface area (TPSA) is 49.8 Å². The van der Waals surface area contributed by atoms with Crippen LogP contribution in [0.2, 0.25) is 5.02 Å². The van der Waals surface area contributed by atoms with Gasteiger partial charge in [0.15, 0.2) is 0 Å². The van der Waals surface area contributed by atoms with Crippen LogP contribution >= 0.6 is 23.5 Å². The van der Waals surface area contributed by atoms with E-state index >= 15 is 0 Å². The van der Waals surface area contributed by atoms with Crippen molar-refractivity contribution in [1.29, 1.82) is 0 Å². The minimum Gasteiger partial charge on any atom is -0.351 e. The van der Waals surface area contributed by atoms with Crippen molar-refractivity contribution < 1.29 is 4.39 Å². The Hall–Kier alpha value is -2.57. The van der Waals surface area contributed by atoms with Gasteiger partial charge in [-0.3, -0.25) is 0 Å². The molecule has 0 aliphatic heterocycles. The van der Waals surface area contributed by atoms with Gasteiger partial charge >= 0.3 is 0 Å². The molecule has 0 bridgehead atoms. The molecule has 32 heavy (non-hydrogen) atoms. The van der Waals surface area contributed by atoms with Crippen LogP contribution in [0.25, 0.3) is 12.2 Å². The molecule has 1 aliphatic carbocycles. The van der Waals surface area contributed by atoms with Crippen molar-refractivity contribution in [1.82, 2.24) is 9.97 Å². The fraction of sp³-hybridized carbons (Fsp3) is 0.280. The van der Waals surface area contributed by atoms with Gasteiger partial charge in [-0.05, 0) is 67.1 Å². The van der Waals surface area contributed by atoms with Gasteiger partial charge < -0.3 is 10.0 Å². The van der Waals surface area contributed by atoms with E-state index in [0.717, 1.165) is 21.6 Å². The second-order valence-corrected chi connectivity index (χ2v) is 9.23. The van der Waals surface area contributed by atoms with Crippen LogP contribution in [0.15, 0.2) is 53.7 Å². The highest BCUT2D eigenvalue weighted by atomic mass is 35.5. The molecule has 0 unspecified atom stereocenters. The fourth-order valence-electron chi connectivity index (χ4n) is 3.71. The van der Waals surface area contributed by atoms with E-state index in [1.165, 1.54) is 50.1 Å². The largest absolute Gasteiger partial charge is 0.351 e. The number of aromatic nitrogens is 2. The number of nitrogens with zero attached hydrogens (tertiary/aromatic N) is 2. The predicted molar refractivity (Wildman–Crippen MR) is 134 cm³/mol. The number of halogens is 2. The first-order valence-corrected chi connectivity index (χ1v) is 12.0. The molecule has 166 valence electrons. The second kappa shape index (κ2) is 10.8. The Morgan fingerprint density at radius 1 is 1.06 bits per heavy atom. The van der Waals surface area contributed by atoms with E-state index in [9.17, 15) is 4.39 Å². The van der Waals surface area contributed by atoms with Gasteiger partial charge in [-0.2, -0.15) is 0 Å². The van der Waals surface area contributed by atoms with Crippen LogP contribution < -0.4 is 10.0 Å². The first-order valence-electron chi connectivity index (χ1n) is 10.8. The van der Waals surface area contributed by atoms with E-state index in [-0.39, 0.29) is 5.82 Å². The zero-order chi connectivity index (χ0) is 22.3. The first kappa shape index (κ1) is 22.6. The third kappa shape index (κ3) is 6.02. The van der Waals surface area contributed by atoms with Gasteiger partial charge in [-0.15, -0.1) is 0 Å². The number of hydrogen-bond donors (Lipinski definition) is 2. The normalized spacial score (nSPS) is 14.6. The molecule has 0 atom stereocenters. The molecule has 2 aromatic carbocycles. The van der Waals surface area contributed by atoms with Crippen LogP contribution in [-0.4, -0.2) is 16.0 Å². The van der Waals surface area contributed by atoms with Crippen molar-refractivity contribution in [3.05, 3.63) is 76.3 Å². The predicted octanol–water partition coefficient (Wildman–Crippen LogP) is 7.61. The van der Waals surface area contributed by atoms with E-state index in [2.05, 4.69) is 20.0 Å². The molecule has 1 heterocycles. The van der Waals surface area contributed by atoms with Gasteiger partial charge in [-0.1, -0.05) is 55.1 Å². The highest BCUT2D eigenvalue weighted by Gasteiger charge is 2.13. The molecule has 1 aromatic heterocycles. The molecule has 4 rings (SSSR count). The number of rotatable bonds is 7. The SMILES string of the molecule is Cc1cc(NSc2ccccc2Cl)c(F)cc1/C=C/c1cnc(NC2CCCCC2)nc1. The second-order valence-electron chi connectivity index (χ2n) is 7.98. The average Bonchev–Trinajstić information content (AvgIpc) is 2.81. The summed E-state index contributed by atoms with van der Waals surface area (Å²) >= 11 is 7.46. The van der Waals surface area contributed by atoms with E-state index in [1.54, 1.807) is 18.5 Å². The number of hydrogen-bond acceptors (Lipinski definition) is 5. The summed E-state index contributed by atoms with van der Waals surface area (Å²) in [5.41, 5.74) is 3.06. The molecule has 0 amide bonds. The van der Waals surface area contributed by atoms with E-state index in [1.807, 2.05) is 43.3 Å². The minimum atomic E-state index is -0.321. The van der Waals surface area contributed by atoms with Crippen molar-refractivity contribution in [2.75, 3.05) is 10.0 Å². The molecule has 1 fully saturated rings. The zero-order valence-corrected chi connectivity index (χ0v) is 19.5. The van der Waals surface area contributed by atoms with Crippen LogP contribution in [-0.2, 0) is 0 Å². The number of aryl methyl sites for hydroxylation is 1. The fourth-order valence-corrected chi connectivity index (χ4v) is 4.65. The van der Waals surface area contributed by atoms with Gasteiger partial charge in [0.25, 0.3) is 0 Å². The Bertz CT molecular complexity index is 1080. The van der Waals surface area contributed by atoms with Crippen LogP contribution in [0.1, 0.15) is 48.8 Å². The summed E-state index contributed by atoms with van der Waals surface area (Å²) in [6, 6.07) is 11.3. The molecule has 2 N–H and O–H groups in total. The molecule has 1 aliphatic rings. The minimum absolute atomic E-state index is 0.321. The maximum absolute atomic E-state index is 14.7. The number of anilines is 2. The van der Waals surface area contributed by atoms with Gasteiger partial charge in [0, 0.05) is 28.9 Å². The summed E-state index contributed by atoms with van der Waals surface area (Å²) in [6.07, 6.45) is 13.6. The van der Waals surface area contributed by atoms with Crippen molar-refractivity contribution in [2.45, 2.75) is 50.0 Å². The lowest BCUT2D eigenvalue weighted by Crippen LogP contribution is -2.23. The monoisotopic (exact) mass is 468 g/mol. The highest BCUT2D eigenvalue weighted by molar-refractivity contribution is 8.00. The average molecular weight is 469 g/mol. The van der Waals surface area contributed by atoms with Crippen LogP contribution in [0, 0.1) is 12.7 Å². The molecular weight excluding hydrogens is 443 g/mol. The van der Waals surface area contributed by atoms with Gasteiger partial charge in [-0.25, -0.2) is 14.4 Å². The van der Waals surface area contributed by atoms with Gasteiger partial charge in [0.1, 0.15) is 5.82 Å². The third-order valence-corrected chi connectivity index (χ3v) is 6.87. The summed E-state index contributed by atoms with van der Waals surface area (Å²) in [4.78, 5) is 9.70. The summed E-state index contributed by atoms with van der Waals surface area (Å²) in [5, 5.41) is 4.05. The molecular formula is C25H26ClFN4S. The Labute approximate surface area is 197 Å². The number of nitrogens with one attached hydrogen (secondary N) is 2. The van der Waals surface area contributed by atoms with Crippen molar-refractivity contribution in [3.8, 4) is 0 Å². The molecule has 1 saturated carbocycles. The van der Waals surface area contributed by atoms with Crippen LogP contribution in [0.5, 0.6) is 0 Å². The third-order valence-electron chi connectivity index (χ3n) is 5.53. The number of benzene rings is 2. The summed E-state index contributed by atoms with van der Waals surface area (Å²) in [6.45, 7) is 1.96. The van der Waals surface area contributed by atoms with Crippen molar-refractivity contribution in [3.63, 3.8) is 0 Å². The van der Waals surface area contributed by atoms with Crippen LogP contribution in [0.3, 0.4) is 0 Å². The molecule has 0 radical (unpaired) electrons. The van der Waals surface area contributed by atoms with E-state index in [4.69, 9.17) is 11.6 Å². The lowest BCUT2D eigenvalue weighted by molar-refractivity contribution is 0.461. The Kier molecular flexibility index (Phi) is 7.66. The lowest BCUT2D eigenvalue weighted by atomic mass is 9.96. The maximum atomic E-state index is 14.7. The van der Waals surface area contributed by atoms with Crippen molar-refractivity contribution in [2.24, 2.45) is 0 Å². The van der Waals surface area contributed by atoms with E-state index in [0.29, 0.717) is 22.7 Å². The quantitative estimate of drug-likeness (QED) is 0.349. The zero-order valence-electron chi connectivity index (χ0n) is 17.9. The van der Waals surface area contributed by atoms with Gasteiger partial charge in [0.2, 0.25) is 5.95 Å². The first-order chi connectivity index (χ1) is 15.6. The molecule has 0 spiro atoms.